The molecule has 3 rings (SSSR count). The number of hydrogen-bond donors (Lipinski definition) is 3. The third kappa shape index (κ3) is 7.67. The maximum absolute atomic E-state index is 14.3. The Labute approximate surface area is 271 Å². The predicted molar refractivity (Wildman–Crippen MR) is 175 cm³/mol. The van der Waals surface area contributed by atoms with Gasteiger partial charge in [0.15, 0.2) is 21.2 Å². The topological polar surface area (TPSA) is 174 Å². The van der Waals surface area contributed by atoms with Crippen molar-refractivity contribution in [3.8, 4) is 11.1 Å². The van der Waals surface area contributed by atoms with Gasteiger partial charge in [0.2, 0.25) is 11.8 Å². The molecule has 0 radical (unpaired) electrons. The molecule has 1 saturated heterocycles. The Hall–Kier alpha value is -3.61. The van der Waals surface area contributed by atoms with E-state index in [9.17, 15) is 27.6 Å². The first-order valence-corrected chi connectivity index (χ1v) is 17.4. The quantitative estimate of drug-likeness (QED) is 0.171. The summed E-state index contributed by atoms with van der Waals surface area (Å²) in [6, 6.07) is 14.8. The molecule has 0 saturated carbocycles. The van der Waals surface area contributed by atoms with Gasteiger partial charge >= 0.3 is 0 Å². The van der Waals surface area contributed by atoms with Gasteiger partial charge in [0, 0.05) is 12.7 Å². The van der Waals surface area contributed by atoms with Gasteiger partial charge in [-0.05, 0) is 57.7 Å². The molecule has 2 aromatic rings. The predicted octanol–water partition coefficient (Wildman–Crippen LogP) is 3.41. The van der Waals surface area contributed by atoms with Crippen LogP contribution in [0.15, 0.2) is 54.6 Å². The van der Waals surface area contributed by atoms with Crippen molar-refractivity contribution in [1.82, 2.24) is 10.6 Å². The van der Waals surface area contributed by atoms with E-state index in [4.69, 9.17) is 15.2 Å². The van der Waals surface area contributed by atoms with Crippen molar-refractivity contribution in [2.24, 2.45) is 5.73 Å². The molecule has 4 N–H and O–H groups in total. The van der Waals surface area contributed by atoms with Crippen LogP contribution in [0, 0.1) is 0 Å². The smallest absolute Gasteiger partial charge is 0.254 e. The number of benzene rings is 2. The first kappa shape index (κ1) is 36.9. The monoisotopic (exact) mass is 657 g/mol. The van der Waals surface area contributed by atoms with Crippen LogP contribution < -0.4 is 16.4 Å². The maximum Gasteiger partial charge on any atom is 0.254 e. The largest absolute Gasteiger partial charge is 0.369 e. The Morgan fingerprint density at radius 3 is 2.15 bits per heavy atom. The molecule has 0 aliphatic carbocycles. The lowest BCUT2D eigenvalue weighted by Gasteiger charge is -2.35. The van der Waals surface area contributed by atoms with Gasteiger partial charge in [-0.15, -0.1) is 0 Å². The molecule has 12 heteroatoms. The Balaban J connectivity index is 2.20. The Bertz CT molecular complexity index is 1540. The second-order valence-corrected chi connectivity index (χ2v) is 15.4. The number of amides is 3. The van der Waals surface area contributed by atoms with Gasteiger partial charge in [0.05, 0.1) is 16.8 Å². The van der Waals surface area contributed by atoms with Crippen molar-refractivity contribution in [3.05, 3.63) is 60.2 Å². The molecule has 1 heterocycles. The van der Waals surface area contributed by atoms with E-state index in [1.54, 1.807) is 26.0 Å². The van der Waals surface area contributed by atoms with Crippen molar-refractivity contribution < 1.29 is 37.1 Å². The van der Waals surface area contributed by atoms with Gasteiger partial charge in [0.1, 0.15) is 18.4 Å². The molecule has 0 bridgehead atoms. The van der Waals surface area contributed by atoms with Crippen LogP contribution in [0.25, 0.3) is 11.1 Å². The summed E-state index contributed by atoms with van der Waals surface area (Å²) in [5.74, 6) is -4.14. The van der Waals surface area contributed by atoms with Gasteiger partial charge in [0.25, 0.3) is 5.91 Å². The summed E-state index contributed by atoms with van der Waals surface area (Å²) in [6.45, 7) is 9.03. The van der Waals surface area contributed by atoms with Crippen LogP contribution in [0.5, 0.6) is 0 Å². The molecule has 1 unspecified atom stereocenters. The fourth-order valence-electron chi connectivity index (χ4n) is 5.49. The van der Waals surface area contributed by atoms with E-state index in [0.29, 0.717) is 17.5 Å². The minimum Gasteiger partial charge on any atom is -0.369 e. The lowest BCUT2D eigenvalue weighted by Crippen LogP contribution is -2.64. The SMILES string of the molecule is CCCCCC(=O)C(c1ccccc1-c1ccccc1)[C@]1(NC(=O)[C@@H](NC(=O)COC(C)C)C(C)(C)S(C)(=O)=O)O[C@]1(C)C(N)=O. The average Bonchev–Trinajstić information content (AvgIpc) is 3.59. The Kier molecular flexibility index (Phi) is 11.6. The number of Topliss-reactive ketones (excluding diaryl/α,β-unsaturated/α-hetero) is 1. The summed E-state index contributed by atoms with van der Waals surface area (Å²) in [5.41, 5.74) is 3.97. The zero-order chi connectivity index (χ0) is 34.5. The molecule has 252 valence electrons. The van der Waals surface area contributed by atoms with Crippen LogP contribution in [0.2, 0.25) is 0 Å². The number of carbonyl (C=O) groups is 4. The highest BCUT2D eigenvalue weighted by atomic mass is 32.2. The number of primary amides is 1. The van der Waals surface area contributed by atoms with E-state index in [2.05, 4.69) is 10.6 Å². The molecule has 0 spiro atoms. The fourth-order valence-corrected chi connectivity index (χ4v) is 6.09. The van der Waals surface area contributed by atoms with E-state index in [1.165, 1.54) is 20.8 Å². The molecule has 46 heavy (non-hydrogen) atoms. The number of hydrogen-bond acceptors (Lipinski definition) is 8. The summed E-state index contributed by atoms with van der Waals surface area (Å²) in [6.07, 6.45) is 2.98. The minimum absolute atomic E-state index is 0.124. The van der Waals surface area contributed by atoms with Gasteiger partial charge in [-0.3, -0.25) is 19.2 Å². The number of sulfone groups is 1. The van der Waals surface area contributed by atoms with E-state index in [1.807, 2.05) is 49.4 Å². The molecular weight excluding hydrogens is 610 g/mol. The van der Waals surface area contributed by atoms with Crippen LogP contribution in [0.1, 0.15) is 78.7 Å². The van der Waals surface area contributed by atoms with E-state index in [-0.39, 0.29) is 18.3 Å². The molecule has 2 aromatic carbocycles. The van der Waals surface area contributed by atoms with E-state index < -0.39 is 62.2 Å². The molecule has 1 aliphatic rings. The highest BCUT2D eigenvalue weighted by Crippen LogP contribution is 2.56. The van der Waals surface area contributed by atoms with Crippen molar-refractivity contribution in [1.29, 1.82) is 0 Å². The van der Waals surface area contributed by atoms with E-state index in [0.717, 1.165) is 24.7 Å². The number of carbonyl (C=O) groups excluding carboxylic acids is 4. The van der Waals surface area contributed by atoms with Crippen LogP contribution >= 0.6 is 0 Å². The van der Waals surface area contributed by atoms with Crippen LogP contribution in [-0.4, -0.2) is 73.0 Å². The number of rotatable bonds is 17. The molecule has 3 amide bonds. The first-order chi connectivity index (χ1) is 21.4. The minimum atomic E-state index is -3.97. The highest BCUT2D eigenvalue weighted by molar-refractivity contribution is 7.92. The van der Waals surface area contributed by atoms with Gasteiger partial charge in [-0.1, -0.05) is 74.4 Å². The first-order valence-electron chi connectivity index (χ1n) is 15.5. The summed E-state index contributed by atoms with van der Waals surface area (Å²) in [7, 11) is -3.97. The molecule has 11 nitrogen and oxygen atoms in total. The second-order valence-electron chi connectivity index (χ2n) is 12.8. The number of nitrogens with one attached hydrogen (secondary N) is 2. The van der Waals surface area contributed by atoms with Crippen LogP contribution in [0.3, 0.4) is 0 Å². The van der Waals surface area contributed by atoms with Gasteiger partial charge < -0.3 is 25.8 Å². The number of ether oxygens (including phenoxy) is 2. The van der Waals surface area contributed by atoms with E-state index >= 15 is 0 Å². The third-order valence-corrected chi connectivity index (χ3v) is 10.8. The molecule has 0 aromatic heterocycles. The lowest BCUT2D eigenvalue weighted by atomic mass is 9.77. The van der Waals surface area contributed by atoms with Crippen molar-refractivity contribution >= 4 is 33.3 Å². The summed E-state index contributed by atoms with van der Waals surface area (Å²) in [4.78, 5) is 54.4. The second kappa shape index (κ2) is 14.4. The molecule has 1 fully saturated rings. The van der Waals surface area contributed by atoms with Crippen LogP contribution in [0.4, 0.5) is 0 Å². The van der Waals surface area contributed by atoms with Crippen molar-refractivity contribution in [2.75, 3.05) is 12.9 Å². The molecular formula is C34H47N3O8S. The average molecular weight is 658 g/mol. The zero-order valence-corrected chi connectivity index (χ0v) is 28.5. The Morgan fingerprint density at radius 2 is 1.61 bits per heavy atom. The number of nitrogens with two attached hydrogens (primary N) is 1. The van der Waals surface area contributed by atoms with Crippen molar-refractivity contribution in [3.63, 3.8) is 0 Å². The van der Waals surface area contributed by atoms with Crippen LogP contribution in [-0.2, 0) is 38.5 Å². The summed E-state index contributed by atoms with van der Waals surface area (Å²) >= 11 is 0. The van der Waals surface area contributed by atoms with Crippen molar-refractivity contribution in [2.45, 2.75) is 101 Å². The molecule has 1 aliphatic heterocycles. The third-order valence-electron chi connectivity index (χ3n) is 8.69. The molecule has 4 atom stereocenters. The van der Waals surface area contributed by atoms with Gasteiger partial charge in [-0.25, -0.2) is 8.42 Å². The van der Waals surface area contributed by atoms with Gasteiger partial charge in [-0.2, -0.15) is 0 Å². The maximum atomic E-state index is 14.3. The summed E-state index contributed by atoms with van der Waals surface area (Å²) in [5, 5.41) is 5.23. The zero-order valence-electron chi connectivity index (χ0n) is 27.7. The number of ketones is 1. The number of unbranched alkanes of at least 4 members (excludes halogenated alkanes) is 2. The fraction of sp³-hybridized carbons (Fsp3) is 0.529. The Morgan fingerprint density at radius 1 is 1.00 bits per heavy atom. The summed E-state index contributed by atoms with van der Waals surface area (Å²) < 4.78 is 35.5. The highest BCUT2D eigenvalue weighted by Gasteiger charge is 2.77. The number of epoxide rings is 1. The lowest BCUT2D eigenvalue weighted by molar-refractivity contribution is -0.134. The normalized spacial score (nSPS) is 20.9. The standard InChI is InChI=1S/C34H47N3O8S/c1-8-9-11-20-26(38)28(25-19-15-14-18-24(25)23-16-12-10-13-17-23)34(33(6,45-34)31(35)41)37-30(40)29(32(4,5)46(7,42)43)36-27(39)21-44-22(2)3/h10,12-19,22,28-29H,8-9,11,20-21H2,1-7H3,(H2,35,41)(H,36,39)(H,37,40)/t28?,29-,33-,34+/m1/s1.